The summed E-state index contributed by atoms with van der Waals surface area (Å²) in [7, 11) is 1.39. The summed E-state index contributed by atoms with van der Waals surface area (Å²) in [6, 6.07) is 22.1. The first-order chi connectivity index (χ1) is 15.2. The molecule has 5 nitrogen and oxygen atoms in total. The summed E-state index contributed by atoms with van der Waals surface area (Å²) < 4.78 is 7.04. The van der Waals surface area contributed by atoms with Crippen LogP contribution in [-0.4, -0.2) is 34.3 Å². The Balaban J connectivity index is 1.62. The van der Waals surface area contributed by atoms with Gasteiger partial charge >= 0.3 is 5.97 Å². The summed E-state index contributed by atoms with van der Waals surface area (Å²) >= 11 is 1.58. The molecule has 0 fully saturated rings. The highest BCUT2D eigenvalue weighted by molar-refractivity contribution is 7.98. The first kappa shape index (κ1) is 21.2. The molecule has 0 saturated heterocycles. The lowest BCUT2D eigenvalue weighted by molar-refractivity contribution is 0.0600. The maximum atomic E-state index is 12.1. The second-order valence-electron chi connectivity index (χ2n) is 7.19. The number of aromatic nitrogens is 2. The quantitative estimate of drug-likeness (QED) is 0.323. The molecular formula is C25H24N2O3S. The lowest BCUT2D eigenvalue weighted by Gasteiger charge is -2.11. The first-order valence-corrected chi connectivity index (χ1v) is 11.1. The highest BCUT2D eigenvalue weighted by Crippen LogP contribution is 2.27. The lowest BCUT2D eigenvalue weighted by Crippen LogP contribution is -2.05. The van der Waals surface area contributed by atoms with Crippen LogP contribution in [0.3, 0.4) is 0 Å². The molecule has 0 aliphatic heterocycles. The van der Waals surface area contributed by atoms with Gasteiger partial charge in [-0.1, -0.05) is 72.4 Å². The van der Waals surface area contributed by atoms with Gasteiger partial charge in [-0.2, -0.15) is 0 Å². The van der Waals surface area contributed by atoms with Crippen molar-refractivity contribution in [3.05, 3.63) is 95.3 Å². The van der Waals surface area contributed by atoms with Crippen LogP contribution in [0.1, 0.15) is 27.2 Å². The Morgan fingerprint density at radius 1 is 1.03 bits per heavy atom. The van der Waals surface area contributed by atoms with Crippen molar-refractivity contribution in [3.63, 3.8) is 0 Å². The van der Waals surface area contributed by atoms with Gasteiger partial charge in [0.25, 0.3) is 0 Å². The number of aliphatic hydroxyl groups is 1. The number of thioether (sulfide) groups is 1. The topological polar surface area (TPSA) is 64.3 Å². The minimum absolute atomic E-state index is 0.0561. The van der Waals surface area contributed by atoms with E-state index in [1.54, 1.807) is 17.8 Å². The normalized spacial score (nSPS) is 11.0. The van der Waals surface area contributed by atoms with Crippen molar-refractivity contribution in [2.24, 2.45) is 0 Å². The minimum atomic E-state index is -0.337. The molecule has 0 unspecified atom stereocenters. The molecule has 3 aromatic carbocycles. The van der Waals surface area contributed by atoms with Crippen molar-refractivity contribution in [2.75, 3.05) is 13.7 Å². The monoisotopic (exact) mass is 432 g/mol. The van der Waals surface area contributed by atoms with Crippen molar-refractivity contribution < 1.29 is 14.6 Å². The van der Waals surface area contributed by atoms with E-state index in [9.17, 15) is 9.90 Å². The Bertz CT molecular complexity index is 1200. The lowest BCUT2D eigenvalue weighted by atomic mass is 10.0. The molecule has 0 amide bonds. The number of ether oxygens (including phenoxy) is 1. The van der Waals surface area contributed by atoms with E-state index in [4.69, 9.17) is 9.72 Å². The highest BCUT2D eigenvalue weighted by atomic mass is 32.2. The van der Waals surface area contributed by atoms with Crippen LogP contribution in [0.15, 0.2) is 78.1 Å². The molecule has 4 aromatic rings. The smallest absolute Gasteiger partial charge is 0.338 e. The molecule has 31 heavy (non-hydrogen) atoms. The van der Waals surface area contributed by atoms with Gasteiger partial charge in [0.1, 0.15) is 0 Å². The molecule has 158 valence electrons. The Morgan fingerprint density at radius 2 is 1.77 bits per heavy atom. The van der Waals surface area contributed by atoms with E-state index in [0.29, 0.717) is 24.3 Å². The molecule has 0 bridgehead atoms. The van der Waals surface area contributed by atoms with Gasteiger partial charge < -0.3 is 14.4 Å². The van der Waals surface area contributed by atoms with Gasteiger partial charge in [-0.15, -0.1) is 0 Å². The van der Waals surface area contributed by atoms with Crippen LogP contribution in [0.25, 0.3) is 10.8 Å². The predicted molar refractivity (Wildman–Crippen MR) is 123 cm³/mol. The zero-order chi connectivity index (χ0) is 21.6. The number of carbonyl (C=O) groups is 1. The Kier molecular flexibility index (Phi) is 6.70. The van der Waals surface area contributed by atoms with Gasteiger partial charge in [0.05, 0.1) is 24.9 Å². The van der Waals surface area contributed by atoms with E-state index < -0.39 is 0 Å². The van der Waals surface area contributed by atoms with E-state index in [-0.39, 0.29) is 12.6 Å². The van der Waals surface area contributed by atoms with Gasteiger partial charge in [0.15, 0.2) is 5.16 Å². The number of fused-ring (bicyclic) bond motifs is 1. The van der Waals surface area contributed by atoms with E-state index in [1.807, 2.05) is 30.5 Å². The Hall–Kier alpha value is -3.09. The number of benzene rings is 3. The van der Waals surface area contributed by atoms with Crippen LogP contribution in [-0.2, 0) is 23.5 Å². The number of methoxy groups -OCH3 is 1. The van der Waals surface area contributed by atoms with Gasteiger partial charge in [0.2, 0.25) is 0 Å². The molecule has 0 aliphatic carbocycles. The van der Waals surface area contributed by atoms with Gasteiger partial charge in [0, 0.05) is 25.0 Å². The zero-order valence-electron chi connectivity index (χ0n) is 17.3. The Labute approximate surface area is 185 Å². The van der Waals surface area contributed by atoms with Crippen molar-refractivity contribution >= 4 is 28.5 Å². The van der Waals surface area contributed by atoms with Gasteiger partial charge in [-0.3, -0.25) is 0 Å². The van der Waals surface area contributed by atoms with Crippen molar-refractivity contribution in [2.45, 2.75) is 23.9 Å². The fraction of sp³-hybridized carbons (Fsp3) is 0.200. The van der Waals surface area contributed by atoms with Crippen LogP contribution >= 0.6 is 11.8 Å². The van der Waals surface area contributed by atoms with Gasteiger partial charge in [-0.05, 0) is 28.0 Å². The number of hydrogen-bond donors (Lipinski definition) is 1. The number of hydrogen-bond acceptors (Lipinski definition) is 5. The van der Waals surface area contributed by atoms with Crippen molar-refractivity contribution in [1.29, 1.82) is 0 Å². The summed E-state index contributed by atoms with van der Waals surface area (Å²) in [6.07, 6.45) is 2.52. The number of esters is 1. The number of nitrogens with zero attached hydrogens (tertiary/aromatic N) is 2. The molecular weight excluding hydrogens is 408 g/mol. The van der Waals surface area contributed by atoms with Crippen LogP contribution in [0.5, 0.6) is 0 Å². The fourth-order valence-corrected chi connectivity index (χ4v) is 4.63. The van der Waals surface area contributed by atoms with Gasteiger partial charge in [-0.25, -0.2) is 9.78 Å². The van der Waals surface area contributed by atoms with E-state index >= 15 is 0 Å². The predicted octanol–water partition coefficient (Wildman–Crippen LogP) is 4.70. The molecule has 0 saturated carbocycles. The number of imidazole rings is 1. The molecule has 0 radical (unpaired) electrons. The molecule has 4 rings (SSSR count). The summed E-state index contributed by atoms with van der Waals surface area (Å²) in [5.74, 6) is 0.257. The standard InChI is InChI=1S/C25H24N2O3S/c1-30-24(29)23-12-5-3-8-20(23)17-31-25-26-21(13-14-28)16-27(25)15-19-10-6-9-18-7-2-4-11-22(18)19/h2-12,16,28H,13-15,17H2,1H3. The third-order valence-corrected chi connectivity index (χ3v) is 6.20. The number of rotatable bonds is 8. The highest BCUT2D eigenvalue weighted by Gasteiger charge is 2.14. The molecule has 1 heterocycles. The second kappa shape index (κ2) is 9.81. The Morgan fingerprint density at radius 3 is 2.61 bits per heavy atom. The molecule has 0 aliphatic rings. The van der Waals surface area contributed by atoms with Crippen LogP contribution < -0.4 is 0 Å². The molecule has 0 spiro atoms. The largest absolute Gasteiger partial charge is 0.465 e. The maximum Gasteiger partial charge on any atom is 0.338 e. The van der Waals surface area contributed by atoms with Crippen LogP contribution in [0, 0.1) is 0 Å². The number of aliphatic hydroxyl groups excluding tert-OH is 1. The van der Waals surface area contributed by atoms with Crippen LogP contribution in [0.4, 0.5) is 0 Å². The second-order valence-corrected chi connectivity index (χ2v) is 8.13. The first-order valence-electron chi connectivity index (χ1n) is 10.1. The molecule has 6 heteroatoms. The summed E-state index contributed by atoms with van der Waals surface area (Å²) in [6.45, 7) is 0.737. The third-order valence-electron chi connectivity index (χ3n) is 5.16. The van der Waals surface area contributed by atoms with Crippen LogP contribution in [0.2, 0.25) is 0 Å². The summed E-state index contributed by atoms with van der Waals surface area (Å²) in [4.78, 5) is 16.8. The average molecular weight is 433 g/mol. The average Bonchev–Trinajstić information content (AvgIpc) is 3.19. The van der Waals surface area contributed by atoms with E-state index in [2.05, 4.69) is 41.0 Å². The van der Waals surface area contributed by atoms with Crippen molar-refractivity contribution in [3.8, 4) is 0 Å². The summed E-state index contributed by atoms with van der Waals surface area (Å²) in [5.41, 5.74) is 3.54. The number of carbonyl (C=O) groups excluding carboxylic acids is 1. The SMILES string of the molecule is COC(=O)c1ccccc1CSc1nc(CCO)cn1Cc1cccc2ccccc12. The maximum absolute atomic E-state index is 12.1. The molecule has 0 atom stereocenters. The fourth-order valence-electron chi connectivity index (χ4n) is 3.63. The molecule has 1 aromatic heterocycles. The third kappa shape index (κ3) is 4.81. The van der Waals surface area contributed by atoms with E-state index in [0.717, 1.165) is 16.4 Å². The summed E-state index contributed by atoms with van der Waals surface area (Å²) in [5, 5.41) is 12.7. The van der Waals surface area contributed by atoms with Crippen molar-refractivity contribution in [1.82, 2.24) is 9.55 Å². The molecule has 1 N–H and O–H groups in total. The van der Waals surface area contributed by atoms with E-state index in [1.165, 1.54) is 23.4 Å². The minimum Gasteiger partial charge on any atom is -0.465 e. The zero-order valence-corrected chi connectivity index (χ0v) is 18.1.